The number of rotatable bonds is 5. The van der Waals surface area contributed by atoms with Crippen LogP contribution >= 0.6 is 0 Å². The van der Waals surface area contributed by atoms with E-state index in [-0.39, 0.29) is 30.6 Å². The largest absolute Gasteiger partial charge is 0.493 e. The number of ether oxygens (including phenoxy) is 4. The molecule has 0 atom stereocenters. The number of carbonyl (C=O) groups excluding carboxylic acids is 3. The highest BCUT2D eigenvalue weighted by Crippen LogP contribution is 2.33. The Bertz CT molecular complexity index is 1050. The molecule has 0 unspecified atom stereocenters. The van der Waals surface area contributed by atoms with Crippen LogP contribution in [0.1, 0.15) is 21.5 Å². The number of nitrogens with zero attached hydrogens (tertiary/aromatic N) is 1. The Hall–Kier alpha value is -3.75. The monoisotopic (exact) mass is 426 g/mol. The number of benzene rings is 2. The maximum absolute atomic E-state index is 12.6. The van der Waals surface area contributed by atoms with E-state index in [0.29, 0.717) is 42.4 Å². The van der Waals surface area contributed by atoms with Gasteiger partial charge in [-0.25, -0.2) is 4.79 Å². The van der Waals surface area contributed by atoms with Crippen molar-refractivity contribution in [2.75, 3.05) is 39.3 Å². The third kappa shape index (κ3) is 4.25. The molecule has 2 aromatic rings. The lowest BCUT2D eigenvalue weighted by atomic mass is 9.99. The highest BCUT2D eigenvalue weighted by atomic mass is 16.5. The summed E-state index contributed by atoms with van der Waals surface area (Å²) in [6, 6.07) is 8.35. The predicted molar refractivity (Wildman–Crippen MR) is 110 cm³/mol. The molecule has 1 N–H and O–H groups in total. The number of carbonyl (C=O) groups is 3. The molecule has 0 radical (unpaired) electrons. The van der Waals surface area contributed by atoms with E-state index in [9.17, 15) is 14.4 Å². The van der Waals surface area contributed by atoms with E-state index >= 15 is 0 Å². The first-order chi connectivity index (χ1) is 15.0. The van der Waals surface area contributed by atoms with Gasteiger partial charge >= 0.3 is 5.97 Å². The Morgan fingerprint density at radius 1 is 1.10 bits per heavy atom. The minimum Gasteiger partial charge on any atom is -0.493 e. The van der Waals surface area contributed by atoms with Crippen LogP contribution in [-0.2, 0) is 27.3 Å². The van der Waals surface area contributed by atoms with Gasteiger partial charge in [0.1, 0.15) is 5.75 Å². The van der Waals surface area contributed by atoms with Crippen LogP contribution in [0, 0.1) is 0 Å². The smallest absolute Gasteiger partial charge is 0.338 e. The quantitative estimate of drug-likeness (QED) is 0.727. The summed E-state index contributed by atoms with van der Waals surface area (Å²) in [5, 5.41) is 2.65. The van der Waals surface area contributed by atoms with Crippen molar-refractivity contribution in [3.05, 3.63) is 47.0 Å². The number of methoxy groups -OCH3 is 2. The van der Waals surface area contributed by atoms with Crippen molar-refractivity contribution in [2.24, 2.45) is 0 Å². The summed E-state index contributed by atoms with van der Waals surface area (Å²) in [5.74, 6) is 0.469. The lowest BCUT2D eigenvalue weighted by Crippen LogP contribution is -2.38. The van der Waals surface area contributed by atoms with Crippen LogP contribution in [0.25, 0.3) is 0 Å². The number of fused-ring (bicyclic) bond motifs is 2. The lowest BCUT2D eigenvalue weighted by Gasteiger charge is -2.29. The fourth-order valence-electron chi connectivity index (χ4n) is 3.60. The molecule has 0 aromatic heterocycles. The van der Waals surface area contributed by atoms with Crippen LogP contribution < -0.4 is 19.5 Å². The number of amides is 2. The second-order valence-corrected chi connectivity index (χ2v) is 7.17. The molecule has 0 bridgehead atoms. The third-order valence-electron chi connectivity index (χ3n) is 5.25. The van der Waals surface area contributed by atoms with Gasteiger partial charge in [-0.15, -0.1) is 0 Å². The Labute approximate surface area is 178 Å². The first kappa shape index (κ1) is 20.5. The van der Waals surface area contributed by atoms with E-state index in [2.05, 4.69) is 5.32 Å². The van der Waals surface area contributed by atoms with Crippen LogP contribution in [0.3, 0.4) is 0 Å². The Morgan fingerprint density at radius 3 is 2.58 bits per heavy atom. The topological polar surface area (TPSA) is 103 Å². The van der Waals surface area contributed by atoms with Gasteiger partial charge in [0.2, 0.25) is 0 Å². The predicted octanol–water partition coefficient (Wildman–Crippen LogP) is 1.78. The molecule has 9 nitrogen and oxygen atoms in total. The molecule has 2 heterocycles. The SMILES string of the molecule is COc1cc2c(cc1OC)CN(C(=O)COC(=O)c1ccc3c(c1)OCC(=O)N3)CC2. The van der Waals surface area contributed by atoms with Crippen LogP contribution in [-0.4, -0.2) is 56.7 Å². The number of esters is 1. The van der Waals surface area contributed by atoms with Gasteiger partial charge in [-0.1, -0.05) is 0 Å². The van der Waals surface area contributed by atoms with Gasteiger partial charge < -0.3 is 29.2 Å². The van der Waals surface area contributed by atoms with E-state index in [4.69, 9.17) is 18.9 Å². The van der Waals surface area contributed by atoms with Crippen molar-refractivity contribution in [2.45, 2.75) is 13.0 Å². The molecule has 31 heavy (non-hydrogen) atoms. The van der Waals surface area contributed by atoms with Gasteiger partial charge in [-0.3, -0.25) is 9.59 Å². The van der Waals surface area contributed by atoms with Crippen molar-refractivity contribution in [3.8, 4) is 17.2 Å². The molecule has 0 fully saturated rings. The van der Waals surface area contributed by atoms with Crippen LogP contribution in [0.2, 0.25) is 0 Å². The van der Waals surface area contributed by atoms with Crippen molar-refractivity contribution in [1.82, 2.24) is 4.90 Å². The van der Waals surface area contributed by atoms with Crippen LogP contribution in [0.5, 0.6) is 17.2 Å². The maximum Gasteiger partial charge on any atom is 0.338 e. The number of hydrogen-bond acceptors (Lipinski definition) is 7. The Kier molecular flexibility index (Phi) is 5.66. The first-order valence-corrected chi connectivity index (χ1v) is 9.74. The highest BCUT2D eigenvalue weighted by molar-refractivity contribution is 5.97. The zero-order valence-electron chi connectivity index (χ0n) is 17.2. The second kappa shape index (κ2) is 8.55. The fourth-order valence-corrected chi connectivity index (χ4v) is 3.60. The van der Waals surface area contributed by atoms with Crippen molar-refractivity contribution >= 4 is 23.5 Å². The zero-order valence-corrected chi connectivity index (χ0v) is 17.2. The van der Waals surface area contributed by atoms with Gasteiger partial charge in [-0.2, -0.15) is 0 Å². The Balaban J connectivity index is 1.37. The molecule has 2 amide bonds. The van der Waals surface area contributed by atoms with Crippen molar-refractivity contribution in [3.63, 3.8) is 0 Å². The third-order valence-corrected chi connectivity index (χ3v) is 5.25. The van der Waals surface area contributed by atoms with E-state index in [1.165, 1.54) is 12.1 Å². The summed E-state index contributed by atoms with van der Waals surface area (Å²) in [7, 11) is 3.15. The first-order valence-electron chi connectivity index (χ1n) is 9.74. The van der Waals surface area contributed by atoms with E-state index < -0.39 is 5.97 Å². The zero-order chi connectivity index (χ0) is 22.0. The van der Waals surface area contributed by atoms with Gasteiger partial charge in [0.25, 0.3) is 11.8 Å². The molecule has 9 heteroatoms. The van der Waals surface area contributed by atoms with E-state index in [0.717, 1.165) is 11.1 Å². The second-order valence-electron chi connectivity index (χ2n) is 7.17. The van der Waals surface area contributed by atoms with Crippen molar-refractivity contribution in [1.29, 1.82) is 0 Å². The van der Waals surface area contributed by atoms with Gasteiger partial charge in [-0.05, 0) is 47.9 Å². The molecule has 0 saturated carbocycles. The molecule has 0 aliphatic carbocycles. The van der Waals surface area contributed by atoms with E-state index in [1.54, 1.807) is 25.2 Å². The number of anilines is 1. The van der Waals surface area contributed by atoms with E-state index in [1.807, 2.05) is 12.1 Å². The van der Waals surface area contributed by atoms with Gasteiger partial charge in [0.15, 0.2) is 24.7 Å². The van der Waals surface area contributed by atoms with Gasteiger partial charge in [0, 0.05) is 13.1 Å². The minimum atomic E-state index is -0.638. The minimum absolute atomic E-state index is 0.114. The normalized spacial score (nSPS) is 14.5. The molecule has 2 aliphatic heterocycles. The fraction of sp³-hybridized carbons (Fsp3) is 0.318. The molecule has 4 rings (SSSR count). The molecule has 162 valence electrons. The summed E-state index contributed by atoms with van der Waals surface area (Å²) in [5.41, 5.74) is 2.80. The summed E-state index contributed by atoms with van der Waals surface area (Å²) in [6.45, 7) is 0.441. The molecule has 2 aromatic carbocycles. The van der Waals surface area contributed by atoms with Crippen LogP contribution in [0.4, 0.5) is 5.69 Å². The maximum atomic E-state index is 12.6. The summed E-state index contributed by atoms with van der Waals surface area (Å²) >= 11 is 0. The van der Waals surface area contributed by atoms with Crippen molar-refractivity contribution < 1.29 is 33.3 Å². The average molecular weight is 426 g/mol. The molecule has 2 aliphatic rings. The summed E-state index contributed by atoms with van der Waals surface area (Å²) in [4.78, 5) is 38.0. The van der Waals surface area contributed by atoms with Crippen LogP contribution in [0.15, 0.2) is 30.3 Å². The standard InChI is InChI=1S/C22H22N2O7/c1-28-18-7-13-5-6-24(10-15(13)9-19(18)29-2)21(26)12-31-22(27)14-3-4-16-17(8-14)30-11-20(25)23-16/h3-4,7-9H,5-6,10-12H2,1-2H3,(H,23,25). The average Bonchev–Trinajstić information content (AvgIpc) is 2.80. The Morgan fingerprint density at radius 2 is 1.84 bits per heavy atom. The highest BCUT2D eigenvalue weighted by Gasteiger charge is 2.24. The number of hydrogen-bond donors (Lipinski definition) is 1. The molecule has 0 saturated heterocycles. The molecule has 0 spiro atoms. The summed E-state index contributed by atoms with van der Waals surface area (Å²) in [6.07, 6.45) is 0.670. The summed E-state index contributed by atoms with van der Waals surface area (Å²) < 4.78 is 21.2. The molecular weight excluding hydrogens is 404 g/mol. The van der Waals surface area contributed by atoms with Gasteiger partial charge in [0.05, 0.1) is 25.5 Å². The molecular formula is C22H22N2O7. The number of nitrogens with one attached hydrogen (secondary N) is 1. The lowest BCUT2D eigenvalue weighted by molar-refractivity contribution is -0.135.